The Hall–Kier alpha value is -1.14. The van der Waals surface area contributed by atoms with Crippen LogP contribution in [0.2, 0.25) is 0 Å². The molecule has 0 aliphatic rings. The SMILES string of the molecule is CC(C)(C)OC(=O)C(N)(CCN)C(=O)OC(C)(C)C. The first-order valence-electron chi connectivity index (χ1n) is 6.28. The first kappa shape index (κ1) is 17.9. The summed E-state index contributed by atoms with van der Waals surface area (Å²) in [6.45, 7) is 10.3. The van der Waals surface area contributed by atoms with E-state index < -0.39 is 28.7 Å². The summed E-state index contributed by atoms with van der Waals surface area (Å²) in [6.07, 6.45) is -0.0309. The van der Waals surface area contributed by atoms with Crippen molar-refractivity contribution in [3.63, 3.8) is 0 Å². The Bertz CT molecular complexity index is 312. The molecule has 0 rings (SSSR count). The second kappa shape index (κ2) is 5.88. The molecule has 0 amide bonds. The van der Waals surface area contributed by atoms with E-state index in [4.69, 9.17) is 20.9 Å². The summed E-state index contributed by atoms with van der Waals surface area (Å²) >= 11 is 0. The number of carbonyl (C=O) groups is 2. The molecule has 0 spiro atoms. The first-order chi connectivity index (χ1) is 8.32. The number of nitrogens with two attached hydrogens (primary N) is 2. The summed E-state index contributed by atoms with van der Waals surface area (Å²) in [5.41, 5.74) is 7.96. The van der Waals surface area contributed by atoms with E-state index in [9.17, 15) is 9.59 Å². The number of hydrogen-bond acceptors (Lipinski definition) is 6. The average molecular weight is 274 g/mol. The Morgan fingerprint density at radius 2 is 1.21 bits per heavy atom. The predicted molar refractivity (Wildman–Crippen MR) is 72.3 cm³/mol. The maximum absolute atomic E-state index is 12.1. The van der Waals surface area contributed by atoms with Gasteiger partial charge in [-0.25, -0.2) is 9.59 Å². The van der Waals surface area contributed by atoms with Crippen LogP contribution in [-0.4, -0.2) is 35.2 Å². The summed E-state index contributed by atoms with van der Waals surface area (Å²) < 4.78 is 10.3. The highest BCUT2D eigenvalue weighted by atomic mass is 16.6. The molecule has 0 aromatic heterocycles. The van der Waals surface area contributed by atoms with E-state index in [-0.39, 0.29) is 13.0 Å². The van der Waals surface area contributed by atoms with Crippen LogP contribution in [0, 0.1) is 0 Å². The zero-order chi connectivity index (χ0) is 15.5. The van der Waals surface area contributed by atoms with Crippen LogP contribution in [-0.2, 0) is 19.1 Å². The largest absolute Gasteiger partial charge is 0.458 e. The quantitative estimate of drug-likeness (QED) is 0.578. The van der Waals surface area contributed by atoms with Crippen LogP contribution in [0.5, 0.6) is 0 Å². The van der Waals surface area contributed by atoms with Crippen molar-refractivity contribution >= 4 is 11.9 Å². The Morgan fingerprint density at radius 3 is 1.42 bits per heavy atom. The number of esters is 2. The van der Waals surface area contributed by atoms with Crippen LogP contribution in [0.25, 0.3) is 0 Å². The minimum absolute atomic E-state index is 0.0309. The fourth-order valence-corrected chi connectivity index (χ4v) is 1.25. The monoisotopic (exact) mass is 274 g/mol. The third kappa shape index (κ3) is 6.02. The highest BCUT2D eigenvalue weighted by Gasteiger charge is 2.47. The molecule has 4 N–H and O–H groups in total. The van der Waals surface area contributed by atoms with Crippen LogP contribution in [0.4, 0.5) is 0 Å². The van der Waals surface area contributed by atoms with Crippen molar-refractivity contribution in [2.45, 2.75) is 64.7 Å². The highest BCUT2D eigenvalue weighted by Crippen LogP contribution is 2.20. The Labute approximate surface area is 114 Å². The van der Waals surface area contributed by atoms with Crippen molar-refractivity contribution in [3.05, 3.63) is 0 Å². The minimum atomic E-state index is -1.87. The predicted octanol–water partition coefficient (Wildman–Crippen LogP) is 0.716. The lowest BCUT2D eigenvalue weighted by atomic mass is 9.96. The number of carbonyl (C=O) groups excluding carboxylic acids is 2. The lowest BCUT2D eigenvalue weighted by Crippen LogP contribution is -2.59. The molecule has 0 bridgehead atoms. The van der Waals surface area contributed by atoms with Gasteiger partial charge in [0.2, 0.25) is 5.54 Å². The zero-order valence-electron chi connectivity index (χ0n) is 12.7. The van der Waals surface area contributed by atoms with Gasteiger partial charge in [-0.05, 0) is 54.5 Å². The van der Waals surface area contributed by atoms with Gasteiger partial charge in [0, 0.05) is 0 Å². The van der Waals surface area contributed by atoms with E-state index >= 15 is 0 Å². The summed E-state index contributed by atoms with van der Waals surface area (Å²) in [4.78, 5) is 24.2. The second-order valence-electron chi connectivity index (χ2n) is 6.51. The van der Waals surface area contributed by atoms with Gasteiger partial charge >= 0.3 is 11.9 Å². The molecule has 0 radical (unpaired) electrons. The van der Waals surface area contributed by atoms with Crippen molar-refractivity contribution in [1.29, 1.82) is 0 Å². The summed E-state index contributed by atoms with van der Waals surface area (Å²) in [6, 6.07) is 0. The van der Waals surface area contributed by atoms with Crippen molar-refractivity contribution in [2.24, 2.45) is 11.5 Å². The Balaban J connectivity index is 5.14. The summed E-state index contributed by atoms with van der Waals surface area (Å²) in [5.74, 6) is -1.64. The van der Waals surface area contributed by atoms with Gasteiger partial charge in [0.05, 0.1) is 0 Å². The zero-order valence-corrected chi connectivity index (χ0v) is 12.7. The molecule has 0 saturated carbocycles. The fraction of sp³-hybridized carbons (Fsp3) is 0.846. The average Bonchev–Trinajstić information content (AvgIpc) is 2.12. The normalized spacial score (nSPS) is 13.1. The molecule has 6 heteroatoms. The van der Waals surface area contributed by atoms with E-state index in [0.29, 0.717) is 0 Å². The Kier molecular flexibility index (Phi) is 5.53. The standard InChI is InChI=1S/C13H26N2O4/c1-11(2,3)18-9(16)13(15,7-8-14)10(17)19-12(4,5)6/h7-8,14-15H2,1-6H3. The molecule has 0 heterocycles. The van der Waals surface area contributed by atoms with Gasteiger partial charge in [-0.2, -0.15) is 0 Å². The van der Waals surface area contributed by atoms with E-state index in [0.717, 1.165) is 0 Å². The summed E-state index contributed by atoms with van der Waals surface area (Å²) in [7, 11) is 0. The first-order valence-corrected chi connectivity index (χ1v) is 6.28. The molecule has 0 aromatic carbocycles. The van der Waals surface area contributed by atoms with Gasteiger partial charge in [-0.15, -0.1) is 0 Å². The number of rotatable bonds is 4. The minimum Gasteiger partial charge on any atom is -0.458 e. The topological polar surface area (TPSA) is 105 Å². The number of ether oxygens (including phenoxy) is 2. The number of hydrogen-bond donors (Lipinski definition) is 2. The molecule has 0 unspecified atom stereocenters. The molecule has 0 fully saturated rings. The van der Waals surface area contributed by atoms with E-state index in [1.807, 2.05) is 0 Å². The smallest absolute Gasteiger partial charge is 0.338 e. The maximum Gasteiger partial charge on any atom is 0.338 e. The maximum atomic E-state index is 12.1. The fourth-order valence-electron chi connectivity index (χ4n) is 1.25. The Morgan fingerprint density at radius 1 is 0.895 bits per heavy atom. The van der Waals surface area contributed by atoms with Gasteiger partial charge < -0.3 is 20.9 Å². The van der Waals surface area contributed by atoms with E-state index in [1.165, 1.54) is 0 Å². The van der Waals surface area contributed by atoms with Crippen LogP contribution in [0.3, 0.4) is 0 Å². The van der Waals surface area contributed by atoms with E-state index in [2.05, 4.69) is 0 Å². The van der Waals surface area contributed by atoms with Crippen LogP contribution < -0.4 is 11.5 Å². The van der Waals surface area contributed by atoms with Crippen LogP contribution >= 0.6 is 0 Å². The van der Waals surface area contributed by atoms with Crippen LogP contribution in [0.15, 0.2) is 0 Å². The van der Waals surface area contributed by atoms with Crippen molar-refractivity contribution in [1.82, 2.24) is 0 Å². The molecule has 0 saturated heterocycles. The third-order valence-electron chi connectivity index (χ3n) is 2.06. The molecule has 0 aromatic rings. The molecule has 0 aliphatic heterocycles. The van der Waals surface area contributed by atoms with Crippen molar-refractivity contribution in [3.8, 4) is 0 Å². The lowest BCUT2D eigenvalue weighted by molar-refractivity contribution is -0.177. The molecular weight excluding hydrogens is 248 g/mol. The summed E-state index contributed by atoms with van der Waals surface area (Å²) in [5, 5.41) is 0. The van der Waals surface area contributed by atoms with Gasteiger partial charge in [-0.1, -0.05) is 0 Å². The van der Waals surface area contributed by atoms with Crippen molar-refractivity contribution in [2.75, 3.05) is 6.54 Å². The molecule has 0 atom stereocenters. The van der Waals surface area contributed by atoms with Gasteiger partial charge in [0.25, 0.3) is 0 Å². The van der Waals surface area contributed by atoms with Gasteiger partial charge in [-0.3, -0.25) is 0 Å². The molecule has 19 heavy (non-hydrogen) atoms. The van der Waals surface area contributed by atoms with Crippen LogP contribution in [0.1, 0.15) is 48.0 Å². The van der Waals surface area contributed by atoms with Crippen molar-refractivity contribution < 1.29 is 19.1 Å². The lowest BCUT2D eigenvalue weighted by Gasteiger charge is -2.31. The molecular formula is C13H26N2O4. The highest BCUT2D eigenvalue weighted by molar-refractivity contribution is 6.04. The molecule has 112 valence electrons. The molecule has 0 aliphatic carbocycles. The van der Waals surface area contributed by atoms with Gasteiger partial charge in [0.15, 0.2) is 0 Å². The molecule has 6 nitrogen and oxygen atoms in total. The van der Waals surface area contributed by atoms with Gasteiger partial charge in [0.1, 0.15) is 11.2 Å². The third-order valence-corrected chi connectivity index (χ3v) is 2.06. The van der Waals surface area contributed by atoms with E-state index in [1.54, 1.807) is 41.5 Å². The second-order valence-corrected chi connectivity index (χ2v) is 6.51.